The zero-order valence-electron chi connectivity index (χ0n) is 12.2. The second kappa shape index (κ2) is 7.11. The topological polar surface area (TPSA) is 66.8 Å². The van der Waals surface area contributed by atoms with Crippen LogP contribution in [0.3, 0.4) is 0 Å². The van der Waals surface area contributed by atoms with Gasteiger partial charge in [-0.05, 0) is 38.3 Å². The maximum atomic E-state index is 12.0. The summed E-state index contributed by atoms with van der Waals surface area (Å²) in [4.78, 5) is 24.5. The highest BCUT2D eigenvalue weighted by molar-refractivity contribution is 5.84. The average molecular weight is 291 g/mol. The third kappa shape index (κ3) is 4.21. The molecular formula is C16H21NO4. The van der Waals surface area contributed by atoms with Gasteiger partial charge in [0.15, 0.2) is 0 Å². The molecule has 1 fully saturated rings. The van der Waals surface area contributed by atoms with E-state index in [0.29, 0.717) is 32.4 Å². The molecule has 5 heteroatoms. The predicted molar refractivity (Wildman–Crippen MR) is 78.3 cm³/mol. The van der Waals surface area contributed by atoms with Gasteiger partial charge in [0.05, 0.1) is 6.61 Å². The molecule has 1 amide bonds. The zero-order chi connectivity index (χ0) is 15.2. The fourth-order valence-electron chi connectivity index (χ4n) is 2.51. The highest BCUT2D eigenvalue weighted by Gasteiger charge is 2.33. The molecule has 21 heavy (non-hydrogen) atoms. The molecule has 1 aromatic carbocycles. The van der Waals surface area contributed by atoms with E-state index in [1.54, 1.807) is 0 Å². The van der Waals surface area contributed by atoms with Crippen LogP contribution in [-0.4, -0.2) is 41.1 Å². The van der Waals surface area contributed by atoms with Crippen LogP contribution in [0.4, 0.5) is 0 Å². The molecule has 1 aliphatic rings. The van der Waals surface area contributed by atoms with Crippen molar-refractivity contribution in [3.63, 3.8) is 0 Å². The SMILES string of the molecule is Cc1ccc(OCCCC(=O)N2CCC[C@@H]2C(=O)O)cc1. The lowest BCUT2D eigenvalue weighted by atomic mass is 10.2. The Balaban J connectivity index is 1.72. The zero-order valence-corrected chi connectivity index (χ0v) is 12.2. The Bertz CT molecular complexity index is 498. The van der Waals surface area contributed by atoms with Gasteiger partial charge in [-0.25, -0.2) is 4.79 Å². The van der Waals surface area contributed by atoms with Crippen molar-refractivity contribution in [2.75, 3.05) is 13.2 Å². The minimum atomic E-state index is -0.906. The largest absolute Gasteiger partial charge is 0.494 e. The first-order valence-corrected chi connectivity index (χ1v) is 7.29. The number of hydrogen-bond acceptors (Lipinski definition) is 3. The number of benzene rings is 1. The number of rotatable bonds is 6. The van der Waals surface area contributed by atoms with E-state index >= 15 is 0 Å². The highest BCUT2D eigenvalue weighted by atomic mass is 16.5. The van der Waals surface area contributed by atoms with Gasteiger partial charge in [0.1, 0.15) is 11.8 Å². The summed E-state index contributed by atoms with van der Waals surface area (Å²) in [5.41, 5.74) is 1.17. The Kier molecular flexibility index (Phi) is 5.20. The molecule has 0 aromatic heterocycles. The number of aliphatic carboxylic acids is 1. The summed E-state index contributed by atoms with van der Waals surface area (Å²) in [6.45, 7) is 3.02. The Labute approximate surface area is 124 Å². The van der Waals surface area contributed by atoms with Gasteiger partial charge in [0.25, 0.3) is 0 Å². The van der Waals surface area contributed by atoms with Crippen LogP contribution in [0.15, 0.2) is 24.3 Å². The molecule has 0 radical (unpaired) electrons. The Hall–Kier alpha value is -2.04. The number of aryl methyl sites for hydroxylation is 1. The average Bonchev–Trinajstić information content (AvgIpc) is 2.95. The second-order valence-electron chi connectivity index (χ2n) is 5.35. The first-order chi connectivity index (χ1) is 10.1. The first kappa shape index (κ1) is 15.4. The van der Waals surface area contributed by atoms with Crippen molar-refractivity contribution in [3.05, 3.63) is 29.8 Å². The molecule has 0 aliphatic carbocycles. The van der Waals surface area contributed by atoms with Crippen LogP contribution in [0.2, 0.25) is 0 Å². The van der Waals surface area contributed by atoms with Crippen LogP contribution in [0.25, 0.3) is 0 Å². The number of carbonyl (C=O) groups excluding carboxylic acids is 1. The van der Waals surface area contributed by atoms with Crippen LogP contribution in [-0.2, 0) is 9.59 Å². The molecule has 5 nitrogen and oxygen atoms in total. The van der Waals surface area contributed by atoms with E-state index in [1.165, 1.54) is 10.5 Å². The number of likely N-dealkylation sites (tertiary alicyclic amines) is 1. The normalized spacial score (nSPS) is 17.8. The van der Waals surface area contributed by atoms with Crippen molar-refractivity contribution < 1.29 is 19.4 Å². The first-order valence-electron chi connectivity index (χ1n) is 7.29. The maximum absolute atomic E-state index is 12.0. The summed E-state index contributed by atoms with van der Waals surface area (Å²) in [6, 6.07) is 7.11. The molecule has 1 aromatic rings. The standard InChI is InChI=1S/C16H21NO4/c1-12-6-8-13(9-7-12)21-11-3-5-15(18)17-10-2-4-14(17)16(19)20/h6-9,14H,2-5,10-11H2,1H3,(H,19,20)/t14-/m1/s1. The lowest BCUT2D eigenvalue weighted by molar-refractivity contribution is -0.148. The van der Waals surface area contributed by atoms with Crippen molar-refractivity contribution in [2.24, 2.45) is 0 Å². The molecule has 0 spiro atoms. The maximum Gasteiger partial charge on any atom is 0.326 e. The molecule has 0 bridgehead atoms. The Morgan fingerprint density at radius 1 is 1.33 bits per heavy atom. The van der Waals surface area contributed by atoms with Gasteiger partial charge in [-0.2, -0.15) is 0 Å². The number of nitrogens with zero attached hydrogens (tertiary/aromatic N) is 1. The number of carbonyl (C=O) groups is 2. The minimum absolute atomic E-state index is 0.0904. The van der Waals surface area contributed by atoms with Gasteiger partial charge in [0, 0.05) is 13.0 Å². The van der Waals surface area contributed by atoms with E-state index in [1.807, 2.05) is 31.2 Å². The number of amides is 1. The summed E-state index contributed by atoms with van der Waals surface area (Å²) in [5.74, 6) is -0.207. The van der Waals surface area contributed by atoms with Crippen molar-refractivity contribution >= 4 is 11.9 Å². The summed E-state index contributed by atoms with van der Waals surface area (Å²) < 4.78 is 5.56. The van der Waals surface area contributed by atoms with E-state index in [4.69, 9.17) is 9.84 Å². The molecule has 0 saturated carbocycles. The van der Waals surface area contributed by atoms with Crippen LogP contribution < -0.4 is 4.74 Å². The van der Waals surface area contributed by atoms with Crippen LogP contribution in [0, 0.1) is 6.92 Å². The van der Waals surface area contributed by atoms with Crippen molar-refractivity contribution in [3.8, 4) is 5.75 Å². The van der Waals surface area contributed by atoms with Gasteiger partial charge < -0.3 is 14.7 Å². The molecule has 0 unspecified atom stereocenters. The summed E-state index contributed by atoms with van der Waals surface area (Å²) in [5, 5.41) is 9.06. The number of carboxylic acid groups (broad SMARTS) is 1. The van der Waals surface area contributed by atoms with E-state index in [-0.39, 0.29) is 5.91 Å². The van der Waals surface area contributed by atoms with E-state index in [0.717, 1.165) is 12.2 Å². The third-order valence-electron chi connectivity index (χ3n) is 3.68. The molecule has 1 atom stereocenters. The number of ether oxygens (including phenoxy) is 1. The van der Waals surface area contributed by atoms with Crippen LogP contribution in [0.5, 0.6) is 5.75 Å². The van der Waals surface area contributed by atoms with Crippen molar-refractivity contribution in [1.29, 1.82) is 0 Å². The van der Waals surface area contributed by atoms with Gasteiger partial charge in [-0.3, -0.25) is 4.79 Å². The number of carboxylic acids is 1. The smallest absolute Gasteiger partial charge is 0.326 e. The third-order valence-corrected chi connectivity index (χ3v) is 3.68. The molecule has 1 heterocycles. The molecular weight excluding hydrogens is 270 g/mol. The Morgan fingerprint density at radius 3 is 2.71 bits per heavy atom. The van der Waals surface area contributed by atoms with Crippen LogP contribution >= 0.6 is 0 Å². The Morgan fingerprint density at radius 2 is 2.05 bits per heavy atom. The summed E-state index contributed by atoms with van der Waals surface area (Å²) in [7, 11) is 0. The number of hydrogen-bond donors (Lipinski definition) is 1. The quantitative estimate of drug-likeness (QED) is 0.816. The minimum Gasteiger partial charge on any atom is -0.494 e. The van der Waals surface area contributed by atoms with Crippen molar-refractivity contribution in [1.82, 2.24) is 4.90 Å². The lowest BCUT2D eigenvalue weighted by Crippen LogP contribution is -2.40. The van der Waals surface area contributed by atoms with Crippen molar-refractivity contribution in [2.45, 2.75) is 38.6 Å². The van der Waals surface area contributed by atoms with E-state index < -0.39 is 12.0 Å². The van der Waals surface area contributed by atoms with E-state index in [2.05, 4.69) is 0 Å². The van der Waals surface area contributed by atoms with Crippen LogP contribution in [0.1, 0.15) is 31.2 Å². The molecule has 114 valence electrons. The monoisotopic (exact) mass is 291 g/mol. The predicted octanol–water partition coefficient (Wildman–Crippen LogP) is 2.23. The molecule has 2 rings (SSSR count). The van der Waals surface area contributed by atoms with Gasteiger partial charge >= 0.3 is 5.97 Å². The lowest BCUT2D eigenvalue weighted by Gasteiger charge is -2.21. The summed E-state index contributed by atoms with van der Waals surface area (Å²) in [6.07, 6.45) is 2.24. The van der Waals surface area contributed by atoms with Gasteiger partial charge in [-0.15, -0.1) is 0 Å². The van der Waals surface area contributed by atoms with Gasteiger partial charge in [0.2, 0.25) is 5.91 Å². The summed E-state index contributed by atoms with van der Waals surface area (Å²) >= 11 is 0. The highest BCUT2D eigenvalue weighted by Crippen LogP contribution is 2.19. The van der Waals surface area contributed by atoms with E-state index in [9.17, 15) is 9.59 Å². The molecule has 1 saturated heterocycles. The van der Waals surface area contributed by atoms with Gasteiger partial charge in [-0.1, -0.05) is 17.7 Å². The fourth-order valence-corrected chi connectivity index (χ4v) is 2.51. The second-order valence-corrected chi connectivity index (χ2v) is 5.35. The fraction of sp³-hybridized carbons (Fsp3) is 0.500. The molecule has 1 aliphatic heterocycles. The molecule has 1 N–H and O–H groups in total.